The highest BCUT2D eigenvalue weighted by Gasteiger charge is 2.50. The van der Waals surface area contributed by atoms with E-state index < -0.39 is 41.8 Å². The average molecular weight is 1130 g/mol. The van der Waals surface area contributed by atoms with Crippen molar-refractivity contribution < 1.29 is 42.5 Å². The van der Waals surface area contributed by atoms with Crippen LogP contribution in [0.5, 0.6) is 0 Å². The Morgan fingerprint density at radius 3 is 2.50 bits per heavy atom. The summed E-state index contributed by atoms with van der Waals surface area (Å²) < 4.78 is 41.9. The summed E-state index contributed by atoms with van der Waals surface area (Å²) in [6, 6.07) is 10.4. The van der Waals surface area contributed by atoms with Gasteiger partial charge in [-0.1, -0.05) is 44.9 Å². The number of carbonyl (C=O) groups is 4. The lowest BCUT2D eigenvalue weighted by molar-refractivity contribution is -0.155. The molecule has 2 N–H and O–H groups in total. The van der Waals surface area contributed by atoms with Gasteiger partial charge in [0.2, 0.25) is 5.91 Å². The third-order valence-corrected chi connectivity index (χ3v) is 19.2. The number of hydrogen-bond donors (Lipinski definition) is 2. The number of aryl methyl sites for hydroxylation is 1. The molecule has 6 fully saturated rings. The molecule has 7 atom stereocenters. The van der Waals surface area contributed by atoms with Gasteiger partial charge in [-0.25, -0.2) is 14.6 Å². The maximum atomic E-state index is 15.4. The summed E-state index contributed by atoms with van der Waals surface area (Å²) in [4.78, 5) is 72.7. The molecule has 17 nitrogen and oxygen atoms in total. The average Bonchev–Trinajstić information content (AvgIpc) is 3.44. The van der Waals surface area contributed by atoms with E-state index in [1.165, 1.54) is 5.01 Å². The molecule has 6 bridgehead atoms. The summed E-state index contributed by atoms with van der Waals surface area (Å²) in [7, 11) is 1.74. The van der Waals surface area contributed by atoms with Crippen LogP contribution in [0.2, 0.25) is 0 Å². The first kappa shape index (κ1) is 58.5. The molecule has 1 unspecified atom stereocenters. The lowest BCUT2D eigenvalue weighted by atomic mass is 9.83. The molecule has 2 aromatic carbocycles. The summed E-state index contributed by atoms with van der Waals surface area (Å²) in [6.45, 7) is 22.4. The molecule has 1 saturated carbocycles. The van der Waals surface area contributed by atoms with E-state index in [0.717, 1.165) is 129 Å². The smallest absolute Gasteiger partial charge is 0.410 e. The number of aromatic nitrogens is 1. The maximum Gasteiger partial charge on any atom is 0.410 e. The van der Waals surface area contributed by atoms with Gasteiger partial charge in [0.1, 0.15) is 24.4 Å². The molecule has 5 saturated heterocycles. The van der Waals surface area contributed by atoms with E-state index in [-0.39, 0.29) is 54.4 Å². The van der Waals surface area contributed by atoms with Crippen LogP contribution >= 0.6 is 0 Å². The van der Waals surface area contributed by atoms with Crippen LogP contribution < -0.4 is 10.7 Å². The summed E-state index contributed by atoms with van der Waals surface area (Å²) in [5.74, 6) is -0.895. The van der Waals surface area contributed by atoms with Crippen LogP contribution in [0.25, 0.3) is 27.6 Å². The minimum absolute atomic E-state index is 0.0626. The second-order valence-electron chi connectivity index (χ2n) is 26.9. The predicted octanol–water partition coefficient (Wildman–Crippen LogP) is 7.94. The highest BCUT2D eigenvalue weighted by molar-refractivity contribution is 5.96. The summed E-state index contributed by atoms with van der Waals surface area (Å²) in [6.07, 6.45) is 9.52. The summed E-state index contributed by atoms with van der Waals surface area (Å²) in [5.41, 5.74) is 10.2. The van der Waals surface area contributed by atoms with Crippen LogP contribution in [0.3, 0.4) is 0 Å². The third-order valence-electron chi connectivity index (χ3n) is 19.2. The quantitative estimate of drug-likeness (QED) is 0.189. The SMILES string of the molecule is CCn1c(C2=C([C@H](C)OC)N=CC(N3CCN4CCOC[C@@H]4C3)C2)c2c3cc(ccc31)-c1cc(CF)cc(c1)C[C@H](NC(=O)[C@H](C1CCCC1)N1CC[C@]3(CCN(C(=O)OC(C)(C)C)C3)C1)C(=O)N1CCC[C@H](N1)C(=O)OCC(C)(C)C2. The van der Waals surface area contributed by atoms with Crippen LogP contribution in [-0.2, 0) is 59.4 Å². The molecule has 11 rings (SSSR count). The second-order valence-corrected chi connectivity index (χ2v) is 26.9. The Labute approximate surface area is 484 Å². The second kappa shape index (κ2) is 24.0. The van der Waals surface area contributed by atoms with Gasteiger partial charge >= 0.3 is 12.1 Å². The molecule has 446 valence electrons. The number of morpholine rings is 1. The molecule has 7 aliphatic heterocycles. The van der Waals surface area contributed by atoms with Crippen LogP contribution in [0.4, 0.5) is 9.18 Å². The molecule has 3 aromatic rings. The fourth-order valence-electron chi connectivity index (χ4n) is 15.0. The number of hydrazine groups is 1. The number of nitrogens with one attached hydrogen (secondary N) is 2. The number of piperazine rings is 1. The first-order valence-electron chi connectivity index (χ1n) is 30.8. The fourth-order valence-corrected chi connectivity index (χ4v) is 15.0. The molecule has 1 spiro atoms. The molecule has 8 heterocycles. The van der Waals surface area contributed by atoms with Crippen LogP contribution in [0.1, 0.15) is 129 Å². The number of aliphatic imine (C=N–C) groups is 1. The Bertz CT molecular complexity index is 2950. The lowest BCUT2D eigenvalue weighted by Crippen LogP contribution is -2.62. The first-order chi connectivity index (χ1) is 39.3. The zero-order valence-corrected chi connectivity index (χ0v) is 50.0. The number of cyclic esters (lactones) is 1. The Hall–Kier alpha value is -5.24. The number of hydrogen-bond acceptors (Lipinski definition) is 13. The van der Waals surface area contributed by atoms with Gasteiger partial charge in [-0.2, -0.15) is 0 Å². The van der Waals surface area contributed by atoms with Crippen molar-refractivity contribution in [1.29, 1.82) is 0 Å². The van der Waals surface area contributed by atoms with Crippen LogP contribution in [-0.4, -0.2) is 187 Å². The van der Waals surface area contributed by atoms with E-state index >= 15 is 14.0 Å². The largest absolute Gasteiger partial charge is 0.464 e. The number of nitrogens with zero attached hydrogens (tertiary/aromatic N) is 7. The normalized spacial score (nSPS) is 27.9. The van der Waals surface area contributed by atoms with Crippen molar-refractivity contribution in [2.24, 2.45) is 21.7 Å². The topological polar surface area (TPSA) is 163 Å². The zero-order valence-electron chi connectivity index (χ0n) is 50.0. The molecule has 1 aromatic heterocycles. The molecule has 18 heteroatoms. The Kier molecular flexibility index (Phi) is 17.1. The monoisotopic (exact) mass is 1130 g/mol. The van der Waals surface area contributed by atoms with Crippen molar-refractivity contribution in [1.82, 2.24) is 39.9 Å². The number of esters is 1. The molecule has 1 aliphatic carbocycles. The van der Waals surface area contributed by atoms with Gasteiger partial charge in [0.15, 0.2) is 0 Å². The molecule has 0 radical (unpaired) electrons. The molecule has 82 heavy (non-hydrogen) atoms. The molecule has 8 aliphatic rings. The number of carbonyl (C=O) groups excluding carboxylic acids is 4. The highest BCUT2D eigenvalue weighted by Crippen LogP contribution is 2.45. The van der Waals surface area contributed by atoms with E-state index in [2.05, 4.69) is 88.2 Å². The van der Waals surface area contributed by atoms with Crippen LogP contribution in [0.15, 0.2) is 47.1 Å². The van der Waals surface area contributed by atoms with Gasteiger partial charge in [0, 0.05) is 118 Å². The van der Waals surface area contributed by atoms with E-state index in [9.17, 15) is 9.59 Å². The number of ether oxygens (including phenoxy) is 4. The Morgan fingerprint density at radius 1 is 0.939 bits per heavy atom. The predicted molar refractivity (Wildman–Crippen MR) is 315 cm³/mol. The van der Waals surface area contributed by atoms with Crippen molar-refractivity contribution in [3.05, 3.63) is 64.5 Å². The van der Waals surface area contributed by atoms with Gasteiger partial charge < -0.3 is 33.7 Å². The summed E-state index contributed by atoms with van der Waals surface area (Å²) in [5, 5.41) is 5.88. The number of amides is 3. The zero-order chi connectivity index (χ0) is 57.7. The molecular weight excluding hydrogens is 1040 g/mol. The number of fused-ring (bicyclic) bond motifs is 7. The number of likely N-dealkylation sites (tertiary alicyclic amines) is 2. The number of halogens is 1. The lowest BCUT2D eigenvalue weighted by Gasteiger charge is -2.46. The number of alkyl halides is 1. The number of methoxy groups -OCH3 is 1. The van der Waals surface area contributed by atoms with E-state index in [4.69, 9.17) is 23.9 Å². The maximum absolute atomic E-state index is 15.4. The number of benzene rings is 2. The van der Waals surface area contributed by atoms with Crippen molar-refractivity contribution in [2.75, 3.05) is 85.8 Å². The minimum Gasteiger partial charge on any atom is -0.464 e. The van der Waals surface area contributed by atoms with Gasteiger partial charge in [0.25, 0.3) is 5.91 Å². The van der Waals surface area contributed by atoms with Gasteiger partial charge in [-0.15, -0.1) is 0 Å². The Balaban J connectivity index is 0.958. The highest BCUT2D eigenvalue weighted by atomic mass is 19.1. The van der Waals surface area contributed by atoms with Crippen molar-refractivity contribution >= 4 is 46.6 Å². The number of rotatable bonds is 10. The fraction of sp³-hybridized carbons (Fsp3) is 0.672. The van der Waals surface area contributed by atoms with Gasteiger partial charge in [0.05, 0.1) is 43.4 Å². The molecule has 3 amide bonds. The molecular formula is C64H90FN9O8. The van der Waals surface area contributed by atoms with Crippen LogP contribution in [0, 0.1) is 16.7 Å². The summed E-state index contributed by atoms with van der Waals surface area (Å²) >= 11 is 0. The van der Waals surface area contributed by atoms with Gasteiger partial charge in [-0.05, 0) is 144 Å². The van der Waals surface area contributed by atoms with Gasteiger partial charge in [-0.3, -0.25) is 39.1 Å². The third kappa shape index (κ3) is 12.3. The van der Waals surface area contributed by atoms with E-state index in [1.807, 2.05) is 37.8 Å². The van der Waals surface area contributed by atoms with E-state index in [1.54, 1.807) is 7.11 Å². The first-order valence-corrected chi connectivity index (χ1v) is 30.8. The minimum atomic E-state index is -1.04. The Morgan fingerprint density at radius 2 is 1.73 bits per heavy atom. The van der Waals surface area contributed by atoms with Crippen molar-refractivity contribution in [3.8, 4) is 11.1 Å². The standard InChI is InChI=1S/C64H90FN9O8/c1-9-73-54-17-16-45-31-49(54)51(57(73)50-32-47(35-66-55(50)41(2)79-8)70-24-23-69-25-26-80-37-48(69)36-70)33-63(6,7)40-81-60(77)52-15-12-20-74(68-52)59(76)53(30-42-27-43(34-65)29-46(45)28-42)67-58(75)56(44-13-10-11-14-44)71-21-18-64(38-71)19-22-72(39-64)61(78)82-62(3,4)5/h16-17,27-29,31,35,41,44,47-48,52-53,56,68H,9-15,18-26,30,32-34,36-40H2,1-8H3,(H,67,75)/t41-,47?,48-,52-,53-,56-,64-/m0/s1. The van der Waals surface area contributed by atoms with E-state index in [0.29, 0.717) is 75.7 Å². The van der Waals surface area contributed by atoms with Crippen molar-refractivity contribution in [2.45, 2.75) is 174 Å². The van der Waals surface area contributed by atoms with Crippen molar-refractivity contribution in [3.63, 3.8) is 0 Å².